The lowest BCUT2D eigenvalue weighted by Crippen LogP contribution is -2.07. The largest absolute Gasteiger partial charge is 0.384 e. The highest BCUT2D eigenvalue weighted by Crippen LogP contribution is 2.29. The number of anilines is 3. The van der Waals surface area contributed by atoms with E-state index in [1.54, 1.807) is 6.07 Å². The SMILES string of the molecule is Cc1nc(N)cc(Nc2cccc3c2CCCC3)n1. The summed E-state index contributed by atoms with van der Waals surface area (Å²) in [5.74, 6) is 1.95. The van der Waals surface area contributed by atoms with Gasteiger partial charge in [-0.25, -0.2) is 9.97 Å². The van der Waals surface area contributed by atoms with E-state index in [9.17, 15) is 0 Å². The van der Waals surface area contributed by atoms with Crippen LogP contribution in [0.5, 0.6) is 0 Å². The number of aryl methyl sites for hydroxylation is 2. The number of hydrogen-bond donors (Lipinski definition) is 2. The second kappa shape index (κ2) is 4.88. The average Bonchev–Trinajstić information content (AvgIpc) is 2.38. The van der Waals surface area contributed by atoms with E-state index in [2.05, 4.69) is 33.5 Å². The van der Waals surface area contributed by atoms with Crippen LogP contribution in [0.2, 0.25) is 0 Å². The highest BCUT2D eigenvalue weighted by molar-refractivity contribution is 5.64. The number of nitrogens with two attached hydrogens (primary N) is 1. The van der Waals surface area contributed by atoms with Gasteiger partial charge in [-0.3, -0.25) is 0 Å². The van der Waals surface area contributed by atoms with Crippen molar-refractivity contribution < 1.29 is 0 Å². The molecule has 19 heavy (non-hydrogen) atoms. The van der Waals surface area contributed by atoms with Crippen molar-refractivity contribution in [3.8, 4) is 0 Å². The number of nitrogens with zero attached hydrogens (tertiary/aromatic N) is 2. The lowest BCUT2D eigenvalue weighted by molar-refractivity contribution is 0.687. The minimum absolute atomic E-state index is 0.500. The first-order valence-corrected chi connectivity index (χ1v) is 6.71. The Morgan fingerprint density at radius 2 is 2.00 bits per heavy atom. The summed E-state index contributed by atoms with van der Waals surface area (Å²) in [5.41, 5.74) is 9.78. The van der Waals surface area contributed by atoms with Crippen molar-refractivity contribution >= 4 is 17.3 Å². The van der Waals surface area contributed by atoms with Gasteiger partial charge >= 0.3 is 0 Å². The summed E-state index contributed by atoms with van der Waals surface area (Å²) < 4.78 is 0. The fraction of sp³-hybridized carbons (Fsp3) is 0.333. The fourth-order valence-corrected chi connectivity index (χ4v) is 2.69. The van der Waals surface area contributed by atoms with Crippen LogP contribution in [-0.2, 0) is 12.8 Å². The van der Waals surface area contributed by atoms with Gasteiger partial charge in [0.15, 0.2) is 0 Å². The van der Waals surface area contributed by atoms with Gasteiger partial charge in [-0.1, -0.05) is 12.1 Å². The minimum atomic E-state index is 0.500. The van der Waals surface area contributed by atoms with E-state index in [1.165, 1.54) is 30.4 Å². The van der Waals surface area contributed by atoms with Crippen LogP contribution in [0.25, 0.3) is 0 Å². The lowest BCUT2D eigenvalue weighted by atomic mass is 9.90. The van der Waals surface area contributed by atoms with Gasteiger partial charge in [-0.05, 0) is 49.8 Å². The molecule has 4 heteroatoms. The van der Waals surface area contributed by atoms with Gasteiger partial charge in [0.2, 0.25) is 0 Å². The molecule has 0 fully saturated rings. The van der Waals surface area contributed by atoms with Crippen molar-refractivity contribution in [3.63, 3.8) is 0 Å². The Kier molecular flexibility index (Phi) is 3.07. The molecule has 0 aliphatic heterocycles. The molecular formula is C15H18N4. The van der Waals surface area contributed by atoms with E-state index in [4.69, 9.17) is 5.73 Å². The van der Waals surface area contributed by atoms with Crippen molar-refractivity contribution in [1.29, 1.82) is 0 Å². The summed E-state index contributed by atoms with van der Waals surface area (Å²) in [5, 5.41) is 3.38. The smallest absolute Gasteiger partial charge is 0.136 e. The van der Waals surface area contributed by atoms with Crippen LogP contribution in [0.3, 0.4) is 0 Å². The van der Waals surface area contributed by atoms with Crippen molar-refractivity contribution in [1.82, 2.24) is 9.97 Å². The summed E-state index contributed by atoms with van der Waals surface area (Å²) >= 11 is 0. The summed E-state index contributed by atoms with van der Waals surface area (Å²) in [4.78, 5) is 8.47. The third-order valence-corrected chi connectivity index (χ3v) is 3.52. The molecule has 0 saturated heterocycles. The number of rotatable bonds is 2. The first-order valence-electron chi connectivity index (χ1n) is 6.71. The Labute approximate surface area is 113 Å². The molecule has 0 bridgehead atoms. The molecule has 3 N–H and O–H groups in total. The lowest BCUT2D eigenvalue weighted by Gasteiger charge is -2.20. The number of aromatic nitrogens is 2. The van der Waals surface area contributed by atoms with Gasteiger partial charge in [0.1, 0.15) is 17.5 Å². The summed E-state index contributed by atoms with van der Waals surface area (Å²) in [6.45, 7) is 1.85. The summed E-state index contributed by atoms with van der Waals surface area (Å²) in [6, 6.07) is 8.20. The van der Waals surface area contributed by atoms with Crippen LogP contribution in [-0.4, -0.2) is 9.97 Å². The van der Waals surface area contributed by atoms with Crippen LogP contribution < -0.4 is 11.1 Å². The molecule has 2 aromatic rings. The van der Waals surface area contributed by atoms with Crippen molar-refractivity contribution in [2.45, 2.75) is 32.6 Å². The first kappa shape index (κ1) is 12.0. The van der Waals surface area contributed by atoms with Crippen LogP contribution in [0.4, 0.5) is 17.3 Å². The van der Waals surface area contributed by atoms with Gasteiger partial charge in [0, 0.05) is 11.8 Å². The Morgan fingerprint density at radius 1 is 1.16 bits per heavy atom. The predicted octanol–water partition coefficient (Wildman–Crippen LogP) is 2.99. The Hall–Kier alpha value is -2.10. The third-order valence-electron chi connectivity index (χ3n) is 3.52. The molecule has 1 aliphatic rings. The Balaban J connectivity index is 1.95. The molecule has 1 aliphatic carbocycles. The first-order chi connectivity index (χ1) is 9.22. The summed E-state index contributed by atoms with van der Waals surface area (Å²) in [6.07, 6.45) is 4.86. The zero-order chi connectivity index (χ0) is 13.2. The maximum Gasteiger partial charge on any atom is 0.136 e. The molecule has 0 atom stereocenters. The number of hydrogen-bond acceptors (Lipinski definition) is 4. The molecule has 0 radical (unpaired) electrons. The van der Waals surface area contributed by atoms with E-state index in [1.807, 2.05) is 6.92 Å². The fourth-order valence-electron chi connectivity index (χ4n) is 2.69. The van der Waals surface area contributed by atoms with Crippen LogP contribution in [0.1, 0.15) is 29.8 Å². The Bertz CT molecular complexity index is 587. The second-order valence-corrected chi connectivity index (χ2v) is 5.00. The van der Waals surface area contributed by atoms with Crippen molar-refractivity contribution in [3.05, 3.63) is 41.2 Å². The van der Waals surface area contributed by atoms with E-state index in [0.717, 1.165) is 17.9 Å². The molecule has 4 nitrogen and oxygen atoms in total. The molecule has 0 saturated carbocycles. The zero-order valence-corrected chi connectivity index (χ0v) is 11.1. The molecule has 0 spiro atoms. The van der Waals surface area contributed by atoms with Gasteiger partial charge in [-0.2, -0.15) is 0 Å². The third kappa shape index (κ3) is 2.52. The van der Waals surface area contributed by atoms with Gasteiger partial charge in [0.25, 0.3) is 0 Å². The molecule has 1 heterocycles. The zero-order valence-electron chi connectivity index (χ0n) is 11.1. The number of benzene rings is 1. The second-order valence-electron chi connectivity index (χ2n) is 5.00. The topological polar surface area (TPSA) is 63.8 Å². The number of fused-ring (bicyclic) bond motifs is 1. The maximum atomic E-state index is 5.76. The predicted molar refractivity (Wildman–Crippen MR) is 77.5 cm³/mol. The van der Waals surface area contributed by atoms with E-state index >= 15 is 0 Å². The van der Waals surface area contributed by atoms with Crippen LogP contribution in [0, 0.1) is 6.92 Å². The standard InChI is InChI=1S/C15H18N4/c1-10-17-14(16)9-15(18-10)19-13-8-4-6-11-5-2-3-7-12(11)13/h4,6,8-9H,2-3,5,7H2,1H3,(H3,16,17,18,19). The summed E-state index contributed by atoms with van der Waals surface area (Å²) in [7, 11) is 0. The van der Waals surface area contributed by atoms with Crippen molar-refractivity contribution in [2.24, 2.45) is 0 Å². The molecule has 1 aromatic heterocycles. The molecule has 1 aromatic carbocycles. The highest BCUT2D eigenvalue weighted by Gasteiger charge is 2.13. The Morgan fingerprint density at radius 3 is 2.84 bits per heavy atom. The number of nitrogens with one attached hydrogen (secondary N) is 1. The number of nitrogen functional groups attached to an aromatic ring is 1. The molecule has 3 rings (SSSR count). The van der Waals surface area contributed by atoms with Gasteiger partial charge in [-0.15, -0.1) is 0 Å². The van der Waals surface area contributed by atoms with Gasteiger partial charge < -0.3 is 11.1 Å². The van der Waals surface area contributed by atoms with E-state index < -0.39 is 0 Å². The maximum absolute atomic E-state index is 5.76. The minimum Gasteiger partial charge on any atom is -0.384 e. The molecule has 98 valence electrons. The van der Waals surface area contributed by atoms with Crippen LogP contribution in [0.15, 0.2) is 24.3 Å². The van der Waals surface area contributed by atoms with Crippen molar-refractivity contribution in [2.75, 3.05) is 11.1 Å². The highest BCUT2D eigenvalue weighted by atomic mass is 15.0. The van der Waals surface area contributed by atoms with Crippen LogP contribution >= 0.6 is 0 Å². The molecule has 0 amide bonds. The quantitative estimate of drug-likeness (QED) is 0.864. The normalized spacial score (nSPS) is 13.9. The average molecular weight is 254 g/mol. The molecular weight excluding hydrogens is 236 g/mol. The molecule has 0 unspecified atom stereocenters. The van der Waals surface area contributed by atoms with E-state index in [-0.39, 0.29) is 0 Å². The van der Waals surface area contributed by atoms with E-state index in [0.29, 0.717) is 11.6 Å². The van der Waals surface area contributed by atoms with Gasteiger partial charge in [0.05, 0.1) is 0 Å². The monoisotopic (exact) mass is 254 g/mol.